The average molecular weight is 306 g/mol. The van der Waals surface area contributed by atoms with E-state index in [2.05, 4.69) is 4.90 Å². The molecule has 0 N–H and O–H groups in total. The van der Waals surface area contributed by atoms with Crippen LogP contribution in [0.5, 0.6) is 0 Å². The van der Waals surface area contributed by atoms with E-state index < -0.39 is 0 Å². The number of carbonyl (C=O) groups is 1. The smallest absolute Gasteiger partial charge is 0.228 e. The van der Waals surface area contributed by atoms with Crippen molar-refractivity contribution < 1.29 is 9.18 Å². The van der Waals surface area contributed by atoms with Gasteiger partial charge in [-0.15, -0.1) is 0 Å². The summed E-state index contributed by atoms with van der Waals surface area (Å²) in [7, 11) is 0. The lowest BCUT2D eigenvalue weighted by molar-refractivity contribution is -0.141. The summed E-state index contributed by atoms with van der Waals surface area (Å²) in [6, 6.07) is 6.75. The van der Waals surface area contributed by atoms with Gasteiger partial charge >= 0.3 is 0 Å². The second kappa shape index (κ2) is 7.23. The Morgan fingerprint density at radius 1 is 1.09 bits per heavy atom. The Morgan fingerprint density at radius 2 is 1.68 bits per heavy atom. The van der Waals surface area contributed by atoms with Crippen molar-refractivity contribution >= 4 is 5.91 Å². The number of aryl methyl sites for hydroxylation is 1. The van der Waals surface area contributed by atoms with Crippen LogP contribution in [0.15, 0.2) is 24.3 Å². The quantitative estimate of drug-likeness (QED) is 0.854. The highest BCUT2D eigenvalue weighted by atomic mass is 19.1. The Balaban J connectivity index is 1.69. The van der Waals surface area contributed by atoms with Crippen molar-refractivity contribution in [3.63, 3.8) is 0 Å². The zero-order valence-corrected chi connectivity index (χ0v) is 13.9. The molecule has 0 spiro atoms. The normalized spacial score (nSPS) is 16.8. The maximum Gasteiger partial charge on any atom is 0.228 e. The molecule has 1 aromatic carbocycles. The molecule has 0 radical (unpaired) electrons. The first-order valence-electron chi connectivity index (χ1n) is 8.12. The molecule has 3 nitrogen and oxygen atoms in total. The molecule has 1 aliphatic heterocycles. The lowest BCUT2D eigenvalue weighted by Crippen LogP contribution is -2.51. The second-order valence-electron chi connectivity index (χ2n) is 7.11. The maximum atomic E-state index is 12.8. The molecule has 1 fully saturated rings. The van der Waals surface area contributed by atoms with Gasteiger partial charge in [0.25, 0.3) is 0 Å². The van der Waals surface area contributed by atoms with Crippen LogP contribution in [0.4, 0.5) is 4.39 Å². The summed E-state index contributed by atoms with van der Waals surface area (Å²) in [5, 5.41) is 0. The third-order valence-corrected chi connectivity index (χ3v) is 4.15. The number of piperazine rings is 1. The van der Waals surface area contributed by atoms with Crippen molar-refractivity contribution in [1.29, 1.82) is 0 Å². The Hall–Kier alpha value is -1.42. The molecule has 1 saturated heterocycles. The van der Waals surface area contributed by atoms with Crippen molar-refractivity contribution in [3.05, 3.63) is 35.6 Å². The third kappa shape index (κ3) is 4.80. The lowest BCUT2D eigenvalue weighted by atomic mass is 9.94. The van der Waals surface area contributed by atoms with Gasteiger partial charge in [0.2, 0.25) is 5.91 Å². The van der Waals surface area contributed by atoms with Crippen LogP contribution in [0, 0.1) is 11.2 Å². The number of benzene rings is 1. The van der Waals surface area contributed by atoms with Gasteiger partial charge in [-0.1, -0.05) is 32.9 Å². The first-order valence-corrected chi connectivity index (χ1v) is 8.12. The number of rotatable bonds is 4. The Kier molecular flexibility index (Phi) is 5.57. The fourth-order valence-corrected chi connectivity index (χ4v) is 2.81. The monoisotopic (exact) mass is 306 g/mol. The van der Waals surface area contributed by atoms with Gasteiger partial charge in [-0.05, 0) is 37.1 Å². The van der Waals surface area contributed by atoms with Crippen LogP contribution in [0.1, 0.15) is 32.8 Å². The van der Waals surface area contributed by atoms with Gasteiger partial charge in [0.05, 0.1) is 0 Å². The number of carbonyl (C=O) groups excluding carboxylic acids is 1. The molecular weight excluding hydrogens is 279 g/mol. The fraction of sp³-hybridized carbons (Fsp3) is 0.611. The van der Waals surface area contributed by atoms with E-state index in [1.807, 2.05) is 37.8 Å². The van der Waals surface area contributed by atoms with E-state index >= 15 is 0 Å². The number of hydrogen-bond donors (Lipinski definition) is 0. The lowest BCUT2D eigenvalue weighted by Gasteiger charge is -2.37. The van der Waals surface area contributed by atoms with Crippen LogP contribution >= 0.6 is 0 Å². The van der Waals surface area contributed by atoms with E-state index in [0.717, 1.165) is 45.6 Å². The zero-order valence-electron chi connectivity index (χ0n) is 13.9. The SMILES string of the molecule is CC(C)(C)C(=O)N1CCN(CCCc2ccc(F)cc2)CC1. The molecule has 22 heavy (non-hydrogen) atoms. The Morgan fingerprint density at radius 3 is 2.23 bits per heavy atom. The van der Waals surface area contributed by atoms with Crippen molar-refractivity contribution in [1.82, 2.24) is 9.80 Å². The molecule has 1 amide bonds. The summed E-state index contributed by atoms with van der Waals surface area (Å²) in [6.07, 6.45) is 2.04. The highest BCUT2D eigenvalue weighted by molar-refractivity contribution is 5.81. The number of hydrogen-bond acceptors (Lipinski definition) is 2. The van der Waals surface area contributed by atoms with Crippen LogP contribution in [0.2, 0.25) is 0 Å². The molecule has 1 aliphatic rings. The maximum absolute atomic E-state index is 12.8. The third-order valence-electron chi connectivity index (χ3n) is 4.15. The van der Waals surface area contributed by atoms with Gasteiger partial charge in [-0.25, -0.2) is 4.39 Å². The average Bonchev–Trinajstić information content (AvgIpc) is 2.48. The number of nitrogens with zero attached hydrogens (tertiary/aromatic N) is 2. The molecule has 0 atom stereocenters. The van der Waals surface area contributed by atoms with Gasteiger partial charge < -0.3 is 4.90 Å². The van der Waals surface area contributed by atoms with Crippen molar-refractivity contribution in [2.75, 3.05) is 32.7 Å². The predicted octanol–water partition coefficient (Wildman–Crippen LogP) is 2.95. The zero-order chi connectivity index (χ0) is 16.2. The first-order chi connectivity index (χ1) is 10.4. The summed E-state index contributed by atoms with van der Waals surface area (Å²) < 4.78 is 12.8. The predicted molar refractivity (Wildman–Crippen MR) is 87.2 cm³/mol. The summed E-state index contributed by atoms with van der Waals surface area (Å²) in [4.78, 5) is 16.6. The Labute approximate surface area is 133 Å². The van der Waals surface area contributed by atoms with Crippen molar-refractivity contribution in [2.45, 2.75) is 33.6 Å². The summed E-state index contributed by atoms with van der Waals surface area (Å²) in [5.74, 6) is 0.0712. The topological polar surface area (TPSA) is 23.6 Å². The van der Waals surface area contributed by atoms with Gasteiger partial charge in [0, 0.05) is 31.6 Å². The molecule has 0 bridgehead atoms. The number of halogens is 1. The van der Waals surface area contributed by atoms with Gasteiger partial charge in [-0.3, -0.25) is 9.69 Å². The molecule has 0 aliphatic carbocycles. The molecular formula is C18H27FN2O. The van der Waals surface area contributed by atoms with E-state index in [0.29, 0.717) is 0 Å². The molecule has 1 aromatic rings. The van der Waals surface area contributed by atoms with E-state index in [-0.39, 0.29) is 17.1 Å². The molecule has 122 valence electrons. The molecule has 0 saturated carbocycles. The van der Waals surface area contributed by atoms with Gasteiger partial charge in [-0.2, -0.15) is 0 Å². The Bertz CT molecular complexity index is 485. The van der Waals surface area contributed by atoms with Crippen molar-refractivity contribution in [2.24, 2.45) is 5.41 Å². The minimum absolute atomic E-state index is 0.177. The summed E-state index contributed by atoms with van der Waals surface area (Å²) >= 11 is 0. The minimum Gasteiger partial charge on any atom is -0.340 e. The standard InChI is InChI=1S/C18H27FN2O/c1-18(2,3)17(22)21-13-11-20(12-14-21)10-4-5-15-6-8-16(19)9-7-15/h6-9H,4-5,10-14H2,1-3H3. The van der Waals surface area contributed by atoms with E-state index in [4.69, 9.17) is 0 Å². The first kappa shape index (κ1) is 16.9. The van der Waals surface area contributed by atoms with Gasteiger partial charge in [0.15, 0.2) is 0 Å². The van der Waals surface area contributed by atoms with E-state index in [1.165, 1.54) is 17.7 Å². The minimum atomic E-state index is -0.287. The summed E-state index contributed by atoms with van der Waals surface area (Å²) in [5.41, 5.74) is 0.896. The van der Waals surface area contributed by atoms with E-state index in [1.54, 1.807) is 0 Å². The second-order valence-corrected chi connectivity index (χ2v) is 7.11. The molecule has 1 heterocycles. The van der Waals surface area contributed by atoms with Crippen LogP contribution in [0.25, 0.3) is 0 Å². The highest BCUT2D eigenvalue weighted by Crippen LogP contribution is 2.18. The largest absolute Gasteiger partial charge is 0.340 e. The molecule has 4 heteroatoms. The van der Waals surface area contributed by atoms with Gasteiger partial charge in [0.1, 0.15) is 5.82 Å². The van der Waals surface area contributed by atoms with Crippen LogP contribution < -0.4 is 0 Å². The van der Waals surface area contributed by atoms with E-state index in [9.17, 15) is 9.18 Å². The van der Waals surface area contributed by atoms with Crippen LogP contribution in [-0.4, -0.2) is 48.4 Å². The van der Waals surface area contributed by atoms with Crippen LogP contribution in [0.3, 0.4) is 0 Å². The fourth-order valence-electron chi connectivity index (χ4n) is 2.81. The highest BCUT2D eigenvalue weighted by Gasteiger charge is 2.29. The van der Waals surface area contributed by atoms with Crippen molar-refractivity contribution in [3.8, 4) is 0 Å². The van der Waals surface area contributed by atoms with Crippen LogP contribution in [-0.2, 0) is 11.2 Å². The molecule has 0 aromatic heterocycles. The number of amides is 1. The summed E-state index contributed by atoms with van der Waals surface area (Å²) in [6.45, 7) is 10.5. The molecule has 0 unspecified atom stereocenters. The molecule has 2 rings (SSSR count).